The van der Waals surface area contributed by atoms with Crippen molar-refractivity contribution in [2.45, 2.75) is 12.2 Å². The standard InChI is InChI=1S/C15H17BrN6O3/c1-21-11-12(22(2)15(24)19-13(11)23)18-14(21)20-17-7-8-6-9(16)4-5-10(8)25-3/h4-7,11-12H,1-3H3,(H,18,20)(H,19,23,24)/b17-7+. The molecule has 9 nitrogen and oxygen atoms in total. The SMILES string of the molecule is COc1ccc(Br)cc1/C=N/NC1=NC2C(C(=O)NC(=O)N2C)N1C. The van der Waals surface area contributed by atoms with Crippen LogP contribution in [0.3, 0.4) is 0 Å². The number of nitrogens with zero attached hydrogens (tertiary/aromatic N) is 4. The lowest BCUT2D eigenvalue weighted by atomic mass is 10.1. The molecule has 3 amide bonds. The Bertz CT molecular complexity index is 781. The number of likely N-dealkylation sites (N-methyl/N-ethyl adjacent to an activating group) is 2. The van der Waals surface area contributed by atoms with Gasteiger partial charge in [0.25, 0.3) is 5.91 Å². The third kappa shape index (κ3) is 3.16. The molecule has 2 heterocycles. The topological polar surface area (TPSA) is 98.6 Å². The lowest BCUT2D eigenvalue weighted by molar-refractivity contribution is -0.126. The summed E-state index contributed by atoms with van der Waals surface area (Å²) < 4.78 is 6.18. The summed E-state index contributed by atoms with van der Waals surface area (Å²) in [7, 11) is 4.89. The summed E-state index contributed by atoms with van der Waals surface area (Å²) in [5.74, 6) is 0.694. The molecule has 2 aliphatic heterocycles. The van der Waals surface area contributed by atoms with Crippen molar-refractivity contribution in [1.29, 1.82) is 0 Å². The molecular weight excluding hydrogens is 392 g/mol. The molecule has 1 aromatic rings. The zero-order valence-corrected chi connectivity index (χ0v) is 15.4. The number of hydrogen-bond donors (Lipinski definition) is 2. The second-order valence-corrected chi connectivity index (χ2v) is 6.50. The van der Waals surface area contributed by atoms with E-state index in [0.29, 0.717) is 11.7 Å². The molecule has 10 heteroatoms. The first-order valence-electron chi connectivity index (χ1n) is 7.43. The highest BCUT2D eigenvalue weighted by molar-refractivity contribution is 9.10. The molecule has 0 aliphatic carbocycles. The Morgan fingerprint density at radius 1 is 1.36 bits per heavy atom. The van der Waals surface area contributed by atoms with E-state index >= 15 is 0 Å². The fourth-order valence-corrected chi connectivity index (χ4v) is 3.07. The van der Waals surface area contributed by atoms with Gasteiger partial charge in [0.2, 0.25) is 5.96 Å². The number of urea groups is 1. The van der Waals surface area contributed by atoms with Crippen LogP contribution in [0.2, 0.25) is 0 Å². The van der Waals surface area contributed by atoms with E-state index in [2.05, 4.69) is 36.8 Å². The maximum atomic E-state index is 12.0. The lowest BCUT2D eigenvalue weighted by Gasteiger charge is -2.34. The molecule has 0 radical (unpaired) electrons. The molecule has 0 saturated carbocycles. The van der Waals surface area contributed by atoms with E-state index in [0.717, 1.165) is 10.0 Å². The summed E-state index contributed by atoms with van der Waals surface area (Å²) in [6.45, 7) is 0. The van der Waals surface area contributed by atoms with E-state index in [-0.39, 0.29) is 5.91 Å². The van der Waals surface area contributed by atoms with Gasteiger partial charge in [0.05, 0.1) is 13.3 Å². The van der Waals surface area contributed by atoms with Gasteiger partial charge >= 0.3 is 6.03 Å². The van der Waals surface area contributed by atoms with Crippen molar-refractivity contribution in [3.63, 3.8) is 0 Å². The van der Waals surface area contributed by atoms with Gasteiger partial charge in [0.15, 0.2) is 12.2 Å². The fourth-order valence-electron chi connectivity index (χ4n) is 2.69. The number of methoxy groups -OCH3 is 1. The summed E-state index contributed by atoms with van der Waals surface area (Å²) in [4.78, 5) is 31.2. The number of benzene rings is 1. The predicted molar refractivity (Wildman–Crippen MR) is 95.5 cm³/mol. The number of imide groups is 1. The summed E-state index contributed by atoms with van der Waals surface area (Å²) in [6, 6.07) is 4.51. The summed E-state index contributed by atoms with van der Waals surface area (Å²) in [5, 5.41) is 6.47. The van der Waals surface area contributed by atoms with Crippen molar-refractivity contribution in [1.82, 2.24) is 20.5 Å². The van der Waals surface area contributed by atoms with Crippen molar-refractivity contribution in [3.05, 3.63) is 28.2 Å². The van der Waals surface area contributed by atoms with Gasteiger partial charge < -0.3 is 14.5 Å². The van der Waals surface area contributed by atoms with Crippen molar-refractivity contribution >= 4 is 40.0 Å². The smallest absolute Gasteiger partial charge is 0.325 e. The van der Waals surface area contributed by atoms with Gasteiger partial charge in [0, 0.05) is 24.1 Å². The number of rotatable bonds is 3. The van der Waals surface area contributed by atoms with E-state index in [1.165, 1.54) is 4.90 Å². The van der Waals surface area contributed by atoms with Gasteiger partial charge in [-0.2, -0.15) is 5.10 Å². The van der Waals surface area contributed by atoms with E-state index < -0.39 is 18.2 Å². The van der Waals surface area contributed by atoms with Crippen LogP contribution in [0.5, 0.6) is 5.75 Å². The molecule has 2 N–H and O–H groups in total. The number of halogens is 1. The Morgan fingerprint density at radius 2 is 2.12 bits per heavy atom. The van der Waals surface area contributed by atoms with Gasteiger partial charge in [-0.05, 0) is 18.2 Å². The number of hydrazone groups is 1. The normalized spacial score (nSPS) is 22.8. The molecule has 2 atom stereocenters. The fraction of sp³-hybridized carbons (Fsp3) is 0.333. The zero-order chi connectivity index (χ0) is 18.1. The highest BCUT2D eigenvalue weighted by Crippen LogP contribution is 2.22. The first-order valence-corrected chi connectivity index (χ1v) is 8.22. The summed E-state index contributed by atoms with van der Waals surface area (Å²) >= 11 is 3.40. The van der Waals surface area contributed by atoms with E-state index in [9.17, 15) is 9.59 Å². The van der Waals surface area contributed by atoms with Crippen LogP contribution in [0.15, 0.2) is 32.8 Å². The molecule has 0 spiro atoms. The van der Waals surface area contributed by atoms with Gasteiger partial charge in [-0.3, -0.25) is 10.1 Å². The number of ether oxygens (including phenoxy) is 1. The second-order valence-electron chi connectivity index (χ2n) is 5.58. The largest absolute Gasteiger partial charge is 0.496 e. The molecule has 1 aromatic carbocycles. The van der Waals surface area contributed by atoms with Gasteiger partial charge in [-0.15, -0.1) is 0 Å². The third-order valence-corrected chi connectivity index (χ3v) is 4.56. The molecule has 0 bridgehead atoms. The zero-order valence-electron chi connectivity index (χ0n) is 13.9. The minimum absolute atomic E-state index is 0.381. The highest BCUT2D eigenvalue weighted by Gasteiger charge is 2.47. The van der Waals surface area contributed by atoms with Crippen molar-refractivity contribution in [3.8, 4) is 5.75 Å². The maximum absolute atomic E-state index is 12.0. The van der Waals surface area contributed by atoms with Crippen molar-refractivity contribution < 1.29 is 14.3 Å². The molecule has 2 aliphatic rings. The molecule has 2 unspecified atom stereocenters. The number of amides is 3. The van der Waals surface area contributed by atoms with E-state index in [1.807, 2.05) is 18.2 Å². The number of carbonyl (C=O) groups is 2. The van der Waals surface area contributed by atoms with Crippen LogP contribution in [0, 0.1) is 0 Å². The molecule has 1 fully saturated rings. The Labute approximate surface area is 152 Å². The van der Waals surface area contributed by atoms with Crippen LogP contribution in [0.25, 0.3) is 0 Å². The number of nitrogens with one attached hydrogen (secondary N) is 2. The van der Waals surface area contributed by atoms with Gasteiger partial charge in [-0.1, -0.05) is 15.9 Å². The number of carbonyl (C=O) groups excluding carboxylic acids is 2. The van der Waals surface area contributed by atoms with Crippen molar-refractivity contribution in [2.75, 3.05) is 21.2 Å². The van der Waals surface area contributed by atoms with Crippen LogP contribution >= 0.6 is 15.9 Å². The minimum Gasteiger partial charge on any atom is -0.496 e. The Morgan fingerprint density at radius 3 is 2.84 bits per heavy atom. The van der Waals surface area contributed by atoms with Gasteiger partial charge in [0.1, 0.15) is 5.75 Å². The summed E-state index contributed by atoms with van der Waals surface area (Å²) in [5.41, 5.74) is 3.59. The Kier molecular flexibility index (Phi) is 4.62. The third-order valence-electron chi connectivity index (χ3n) is 4.06. The monoisotopic (exact) mass is 408 g/mol. The van der Waals surface area contributed by atoms with Gasteiger partial charge in [-0.25, -0.2) is 15.2 Å². The quantitative estimate of drug-likeness (QED) is 0.562. The molecule has 1 saturated heterocycles. The highest BCUT2D eigenvalue weighted by atomic mass is 79.9. The van der Waals surface area contributed by atoms with Crippen LogP contribution in [0.4, 0.5) is 4.79 Å². The molecule has 132 valence electrons. The molecule has 3 rings (SSSR count). The Hall–Kier alpha value is -2.62. The summed E-state index contributed by atoms with van der Waals surface area (Å²) in [6.07, 6.45) is 1.01. The number of fused-ring (bicyclic) bond motifs is 1. The molecule has 25 heavy (non-hydrogen) atoms. The van der Waals surface area contributed by atoms with E-state index in [4.69, 9.17) is 4.74 Å². The first-order chi connectivity index (χ1) is 11.9. The average molecular weight is 409 g/mol. The van der Waals surface area contributed by atoms with Crippen LogP contribution in [0.1, 0.15) is 5.56 Å². The molecular formula is C15H17BrN6O3. The first kappa shape index (κ1) is 17.2. The van der Waals surface area contributed by atoms with Crippen LogP contribution in [-0.2, 0) is 4.79 Å². The maximum Gasteiger partial charge on any atom is 0.325 e. The number of aliphatic imine (C=N–C) groups is 1. The number of guanidine groups is 1. The minimum atomic E-state index is -0.583. The average Bonchev–Trinajstić information content (AvgIpc) is 2.90. The lowest BCUT2D eigenvalue weighted by Crippen LogP contribution is -2.63. The predicted octanol–water partition coefficient (Wildman–Crippen LogP) is 0.559. The van der Waals surface area contributed by atoms with E-state index in [1.54, 1.807) is 32.3 Å². The molecule has 0 aromatic heterocycles. The van der Waals surface area contributed by atoms with Crippen LogP contribution in [-0.4, -0.2) is 67.3 Å². The Balaban J connectivity index is 1.77. The second kappa shape index (κ2) is 6.71. The number of hydrogen-bond acceptors (Lipinski definition) is 7. The van der Waals surface area contributed by atoms with Crippen molar-refractivity contribution in [2.24, 2.45) is 10.1 Å². The van der Waals surface area contributed by atoms with Crippen LogP contribution < -0.4 is 15.5 Å².